The molecule has 0 amide bonds. The summed E-state index contributed by atoms with van der Waals surface area (Å²) in [5.74, 6) is 0.138. The molecule has 0 saturated carbocycles. The van der Waals surface area contributed by atoms with Crippen LogP contribution in [-0.2, 0) is 4.74 Å². The van der Waals surface area contributed by atoms with Crippen molar-refractivity contribution in [1.82, 2.24) is 9.97 Å². The summed E-state index contributed by atoms with van der Waals surface area (Å²) in [5.41, 5.74) is 6.14. The van der Waals surface area contributed by atoms with Crippen molar-refractivity contribution >= 4 is 11.7 Å². The van der Waals surface area contributed by atoms with Gasteiger partial charge in [0.05, 0.1) is 19.4 Å². The van der Waals surface area contributed by atoms with Gasteiger partial charge in [-0.15, -0.1) is 0 Å². The Morgan fingerprint density at radius 3 is 2.76 bits per heavy atom. The van der Waals surface area contributed by atoms with Crippen molar-refractivity contribution in [2.24, 2.45) is 0 Å². The molecule has 0 unspecified atom stereocenters. The monoisotopic (exact) mass is 289 g/mol. The fourth-order valence-corrected chi connectivity index (χ4v) is 1.78. The molecule has 0 aliphatic carbocycles. The smallest absolute Gasteiger partial charge is 0.345 e. The van der Waals surface area contributed by atoms with E-state index in [1.165, 1.54) is 13.3 Å². The molecule has 7 nitrogen and oxygen atoms in total. The standard InChI is InChI=1S/C14H15N3O4/c1-3-21-14(19)9-7-16-12(17-13(9)18)8-4-5-11(20-2)10(15)6-8/h4-7H,3,15H2,1-2H3,(H,16,17,18). The zero-order valence-electron chi connectivity index (χ0n) is 11.7. The Balaban J connectivity index is 2.38. The number of H-pyrrole nitrogens is 1. The minimum atomic E-state index is -0.702. The first-order valence-electron chi connectivity index (χ1n) is 6.27. The van der Waals surface area contributed by atoms with Gasteiger partial charge in [-0.3, -0.25) is 4.79 Å². The number of nitrogens with one attached hydrogen (secondary N) is 1. The van der Waals surface area contributed by atoms with Crippen molar-refractivity contribution in [1.29, 1.82) is 0 Å². The highest BCUT2D eigenvalue weighted by Gasteiger charge is 2.13. The van der Waals surface area contributed by atoms with E-state index in [9.17, 15) is 9.59 Å². The highest BCUT2D eigenvalue weighted by molar-refractivity contribution is 5.88. The Morgan fingerprint density at radius 1 is 1.43 bits per heavy atom. The normalized spacial score (nSPS) is 10.2. The van der Waals surface area contributed by atoms with Crippen molar-refractivity contribution in [2.75, 3.05) is 19.5 Å². The molecule has 1 aromatic carbocycles. The Kier molecular flexibility index (Phi) is 4.22. The van der Waals surface area contributed by atoms with E-state index in [-0.39, 0.29) is 12.2 Å². The number of carbonyl (C=O) groups is 1. The highest BCUT2D eigenvalue weighted by atomic mass is 16.5. The van der Waals surface area contributed by atoms with Crippen molar-refractivity contribution in [3.8, 4) is 17.1 Å². The second kappa shape index (κ2) is 6.08. The molecule has 0 radical (unpaired) electrons. The van der Waals surface area contributed by atoms with Gasteiger partial charge in [-0.2, -0.15) is 0 Å². The Hall–Kier alpha value is -2.83. The molecular formula is C14H15N3O4. The second-order valence-electron chi connectivity index (χ2n) is 4.15. The lowest BCUT2D eigenvalue weighted by molar-refractivity contribution is 0.0524. The summed E-state index contributed by atoms with van der Waals surface area (Å²) in [5, 5.41) is 0. The lowest BCUT2D eigenvalue weighted by Gasteiger charge is -2.07. The maximum absolute atomic E-state index is 11.9. The number of methoxy groups -OCH3 is 1. The predicted molar refractivity (Wildman–Crippen MR) is 77.2 cm³/mol. The average molecular weight is 289 g/mol. The van der Waals surface area contributed by atoms with E-state index < -0.39 is 11.5 Å². The van der Waals surface area contributed by atoms with Crippen LogP contribution in [-0.4, -0.2) is 29.7 Å². The predicted octanol–water partition coefficient (Wildman–Crippen LogP) is 1.20. The molecule has 0 atom stereocenters. The highest BCUT2D eigenvalue weighted by Crippen LogP contribution is 2.25. The quantitative estimate of drug-likeness (QED) is 0.647. The lowest BCUT2D eigenvalue weighted by Crippen LogP contribution is -2.21. The van der Waals surface area contributed by atoms with Gasteiger partial charge >= 0.3 is 5.97 Å². The molecule has 2 rings (SSSR count). The van der Waals surface area contributed by atoms with Crippen molar-refractivity contribution in [2.45, 2.75) is 6.92 Å². The number of nitrogens with zero attached hydrogens (tertiary/aromatic N) is 1. The molecule has 0 aliphatic heterocycles. The molecular weight excluding hydrogens is 274 g/mol. The molecule has 2 aromatic rings. The topological polar surface area (TPSA) is 107 Å². The maximum Gasteiger partial charge on any atom is 0.345 e. The summed E-state index contributed by atoms with van der Waals surface area (Å²) in [6, 6.07) is 5.00. The first-order chi connectivity index (χ1) is 10.1. The molecule has 0 saturated heterocycles. The van der Waals surface area contributed by atoms with Gasteiger partial charge in [0.15, 0.2) is 0 Å². The van der Waals surface area contributed by atoms with Crippen LogP contribution in [0.25, 0.3) is 11.4 Å². The minimum Gasteiger partial charge on any atom is -0.495 e. The van der Waals surface area contributed by atoms with Crippen molar-refractivity contribution < 1.29 is 14.3 Å². The van der Waals surface area contributed by atoms with Gasteiger partial charge in [0.2, 0.25) is 0 Å². The van der Waals surface area contributed by atoms with Crippen LogP contribution >= 0.6 is 0 Å². The molecule has 0 spiro atoms. The van der Waals surface area contributed by atoms with Crippen LogP contribution in [0.2, 0.25) is 0 Å². The number of nitrogens with two attached hydrogens (primary N) is 1. The van der Waals surface area contributed by atoms with E-state index in [0.29, 0.717) is 22.8 Å². The first-order valence-corrected chi connectivity index (χ1v) is 6.27. The van der Waals surface area contributed by atoms with Gasteiger partial charge < -0.3 is 20.2 Å². The van der Waals surface area contributed by atoms with Gasteiger partial charge in [0.1, 0.15) is 17.1 Å². The van der Waals surface area contributed by atoms with E-state index in [1.54, 1.807) is 25.1 Å². The molecule has 0 bridgehead atoms. The zero-order valence-corrected chi connectivity index (χ0v) is 11.7. The van der Waals surface area contributed by atoms with Crippen LogP contribution in [0.15, 0.2) is 29.2 Å². The van der Waals surface area contributed by atoms with Gasteiger partial charge in [-0.1, -0.05) is 0 Å². The second-order valence-corrected chi connectivity index (χ2v) is 4.15. The summed E-state index contributed by atoms with van der Waals surface area (Å²) in [7, 11) is 1.51. The number of benzene rings is 1. The molecule has 0 aliphatic rings. The fourth-order valence-electron chi connectivity index (χ4n) is 1.78. The maximum atomic E-state index is 11.9. The molecule has 7 heteroatoms. The van der Waals surface area contributed by atoms with Crippen LogP contribution < -0.4 is 16.0 Å². The largest absolute Gasteiger partial charge is 0.495 e. The van der Waals surface area contributed by atoms with Gasteiger partial charge in [0.25, 0.3) is 5.56 Å². The Labute approximate surface area is 120 Å². The first kappa shape index (κ1) is 14.6. The minimum absolute atomic E-state index is 0.137. The number of rotatable bonds is 4. The summed E-state index contributed by atoms with van der Waals surface area (Å²) in [6.07, 6.45) is 1.19. The number of nitrogen functional groups attached to an aromatic ring is 1. The molecule has 110 valence electrons. The fraction of sp³-hybridized carbons (Fsp3) is 0.214. The summed E-state index contributed by atoms with van der Waals surface area (Å²) in [4.78, 5) is 30.0. The Morgan fingerprint density at radius 2 is 2.19 bits per heavy atom. The molecule has 1 aromatic heterocycles. The van der Waals surface area contributed by atoms with Crippen LogP contribution in [0, 0.1) is 0 Å². The number of aromatic nitrogens is 2. The van der Waals surface area contributed by atoms with Crippen LogP contribution in [0.3, 0.4) is 0 Å². The zero-order chi connectivity index (χ0) is 15.4. The summed E-state index contributed by atoms with van der Waals surface area (Å²) < 4.78 is 9.83. The number of esters is 1. The molecule has 0 fully saturated rings. The van der Waals surface area contributed by atoms with E-state index in [0.717, 1.165) is 0 Å². The average Bonchev–Trinajstić information content (AvgIpc) is 2.47. The number of ether oxygens (including phenoxy) is 2. The number of hydrogen-bond donors (Lipinski definition) is 2. The summed E-state index contributed by atoms with van der Waals surface area (Å²) >= 11 is 0. The van der Waals surface area contributed by atoms with Crippen LogP contribution in [0.1, 0.15) is 17.3 Å². The van der Waals surface area contributed by atoms with E-state index in [4.69, 9.17) is 15.2 Å². The number of anilines is 1. The van der Waals surface area contributed by atoms with Gasteiger partial charge in [0, 0.05) is 11.8 Å². The summed E-state index contributed by atoms with van der Waals surface area (Å²) in [6.45, 7) is 1.85. The van der Waals surface area contributed by atoms with Gasteiger partial charge in [-0.05, 0) is 25.1 Å². The Bertz CT molecular complexity index is 724. The van der Waals surface area contributed by atoms with E-state index in [1.807, 2.05) is 0 Å². The van der Waals surface area contributed by atoms with Crippen molar-refractivity contribution in [3.63, 3.8) is 0 Å². The van der Waals surface area contributed by atoms with E-state index >= 15 is 0 Å². The third kappa shape index (κ3) is 3.02. The third-order valence-corrected chi connectivity index (χ3v) is 2.80. The molecule has 21 heavy (non-hydrogen) atoms. The van der Waals surface area contributed by atoms with Crippen molar-refractivity contribution in [3.05, 3.63) is 40.3 Å². The number of hydrogen-bond acceptors (Lipinski definition) is 6. The van der Waals surface area contributed by atoms with Crippen LogP contribution in [0.4, 0.5) is 5.69 Å². The number of aromatic amines is 1. The third-order valence-electron chi connectivity index (χ3n) is 2.80. The van der Waals surface area contributed by atoms with Gasteiger partial charge in [-0.25, -0.2) is 9.78 Å². The molecule has 1 heterocycles. The number of carbonyl (C=O) groups excluding carboxylic acids is 1. The molecule has 3 N–H and O–H groups in total. The van der Waals surface area contributed by atoms with Crippen LogP contribution in [0.5, 0.6) is 5.75 Å². The lowest BCUT2D eigenvalue weighted by atomic mass is 10.1. The SMILES string of the molecule is CCOC(=O)c1cnc(-c2ccc(OC)c(N)c2)[nH]c1=O. The van der Waals surface area contributed by atoms with E-state index in [2.05, 4.69) is 9.97 Å².